The quantitative estimate of drug-likeness (QED) is 0.680. The van der Waals surface area contributed by atoms with Gasteiger partial charge in [0.25, 0.3) is 0 Å². The van der Waals surface area contributed by atoms with Gasteiger partial charge < -0.3 is 4.74 Å². The molecule has 72 valence electrons. The SMILES string of the molecule is N#C[C@]1(c2ccc(F)cc2)CCOC1. The van der Waals surface area contributed by atoms with Crippen molar-refractivity contribution in [2.24, 2.45) is 0 Å². The molecule has 14 heavy (non-hydrogen) atoms. The Morgan fingerprint density at radius 1 is 1.36 bits per heavy atom. The lowest BCUT2D eigenvalue weighted by molar-refractivity contribution is 0.186. The molecule has 1 fully saturated rings. The van der Waals surface area contributed by atoms with Crippen molar-refractivity contribution in [2.75, 3.05) is 13.2 Å². The highest BCUT2D eigenvalue weighted by atomic mass is 19.1. The number of halogens is 1. The molecule has 0 N–H and O–H groups in total. The van der Waals surface area contributed by atoms with Crippen LogP contribution in [0.5, 0.6) is 0 Å². The first-order valence-electron chi connectivity index (χ1n) is 4.52. The van der Waals surface area contributed by atoms with E-state index >= 15 is 0 Å². The Morgan fingerprint density at radius 3 is 2.57 bits per heavy atom. The highest BCUT2D eigenvalue weighted by molar-refractivity contribution is 5.33. The van der Waals surface area contributed by atoms with Crippen LogP contribution in [0, 0.1) is 17.1 Å². The van der Waals surface area contributed by atoms with Crippen molar-refractivity contribution in [1.29, 1.82) is 5.26 Å². The zero-order valence-corrected chi connectivity index (χ0v) is 7.66. The lowest BCUT2D eigenvalue weighted by Crippen LogP contribution is -2.23. The fourth-order valence-corrected chi connectivity index (χ4v) is 1.71. The Bertz CT molecular complexity index is 360. The van der Waals surface area contributed by atoms with E-state index in [2.05, 4.69) is 6.07 Å². The van der Waals surface area contributed by atoms with Gasteiger partial charge in [-0.3, -0.25) is 0 Å². The summed E-state index contributed by atoms with van der Waals surface area (Å²) in [6.07, 6.45) is 0.690. The maximum absolute atomic E-state index is 12.7. The minimum atomic E-state index is -0.562. The topological polar surface area (TPSA) is 33.0 Å². The van der Waals surface area contributed by atoms with Gasteiger partial charge in [-0.1, -0.05) is 12.1 Å². The molecule has 1 atom stereocenters. The number of nitriles is 1. The third-order valence-corrected chi connectivity index (χ3v) is 2.63. The molecule has 0 radical (unpaired) electrons. The number of hydrogen-bond acceptors (Lipinski definition) is 2. The first-order chi connectivity index (χ1) is 6.77. The standard InChI is InChI=1S/C11H10FNO/c12-10-3-1-9(2-4-10)11(7-13)5-6-14-8-11/h1-4H,5-6,8H2/t11-/m1/s1. The molecule has 0 saturated carbocycles. The van der Waals surface area contributed by atoms with Crippen molar-refractivity contribution in [2.45, 2.75) is 11.8 Å². The maximum atomic E-state index is 12.7. The van der Waals surface area contributed by atoms with Crippen LogP contribution in [-0.2, 0) is 10.2 Å². The van der Waals surface area contributed by atoms with Crippen LogP contribution in [0.3, 0.4) is 0 Å². The predicted molar refractivity (Wildman–Crippen MR) is 49.1 cm³/mol. The predicted octanol–water partition coefficient (Wildman–Crippen LogP) is 2.01. The first kappa shape index (κ1) is 9.17. The Balaban J connectivity index is 2.37. The number of hydrogen-bond donors (Lipinski definition) is 0. The summed E-state index contributed by atoms with van der Waals surface area (Å²) < 4.78 is 17.9. The molecule has 0 bridgehead atoms. The van der Waals surface area contributed by atoms with E-state index < -0.39 is 5.41 Å². The van der Waals surface area contributed by atoms with Crippen LogP contribution in [-0.4, -0.2) is 13.2 Å². The molecular formula is C11H10FNO. The summed E-state index contributed by atoms with van der Waals surface area (Å²) >= 11 is 0. The van der Waals surface area contributed by atoms with E-state index in [-0.39, 0.29) is 5.82 Å². The molecular weight excluding hydrogens is 181 g/mol. The second kappa shape index (κ2) is 3.39. The summed E-state index contributed by atoms with van der Waals surface area (Å²) in [7, 11) is 0. The molecule has 1 saturated heterocycles. The molecule has 1 aliphatic heterocycles. The lowest BCUT2D eigenvalue weighted by Gasteiger charge is -2.18. The average molecular weight is 191 g/mol. The van der Waals surface area contributed by atoms with E-state index in [0.29, 0.717) is 19.6 Å². The summed E-state index contributed by atoms with van der Waals surface area (Å²) in [6, 6.07) is 8.35. The van der Waals surface area contributed by atoms with Crippen LogP contribution >= 0.6 is 0 Å². The molecule has 3 heteroatoms. The van der Waals surface area contributed by atoms with Crippen molar-refractivity contribution >= 4 is 0 Å². The molecule has 2 nitrogen and oxygen atoms in total. The van der Waals surface area contributed by atoms with Gasteiger partial charge in [0.15, 0.2) is 0 Å². The van der Waals surface area contributed by atoms with E-state index in [1.165, 1.54) is 12.1 Å². The van der Waals surface area contributed by atoms with Crippen LogP contribution < -0.4 is 0 Å². The average Bonchev–Trinajstić information content (AvgIpc) is 2.68. The summed E-state index contributed by atoms with van der Waals surface area (Å²) in [4.78, 5) is 0. The Morgan fingerprint density at radius 2 is 2.07 bits per heavy atom. The lowest BCUT2D eigenvalue weighted by atomic mass is 9.81. The molecule has 2 rings (SSSR count). The van der Waals surface area contributed by atoms with Gasteiger partial charge in [-0.2, -0.15) is 5.26 Å². The Labute approximate surface area is 81.9 Å². The van der Waals surface area contributed by atoms with Crippen molar-refractivity contribution < 1.29 is 9.13 Å². The van der Waals surface area contributed by atoms with Crippen molar-refractivity contribution in [3.8, 4) is 6.07 Å². The van der Waals surface area contributed by atoms with Crippen molar-refractivity contribution in [3.05, 3.63) is 35.6 Å². The summed E-state index contributed by atoms with van der Waals surface area (Å²) in [5.41, 5.74) is 0.284. The van der Waals surface area contributed by atoms with E-state index in [1.807, 2.05) is 0 Å². The second-order valence-electron chi connectivity index (χ2n) is 3.50. The zero-order valence-electron chi connectivity index (χ0n) is 7.66. The van der Waals surface area contributed by atoms with Crippen LogP contribution in [0.25, 0.3) is 0 Å². The largest absolute Gasteiger partial charge is 0.379 e. The number of ether oxygens (including phenoxy) is 1. The van der Waals surface area contributed by atoms with E-state index in [0.717, 1.165) is 5.56 Å². The smallest absolute Gasteiger partial charge is 0.123 e. The molecule has 1 aromatic carbocycles. The number of rotatable bonds is 1. The maximum Gasteiger partial charge on any atom is 0.123 e. The third-order valence-electron chi connectivity index (χ3n) is 2.63. The minimum absolute atomic E-state index is 0.277. The minimum Gasteiger partial charge on any atom is -0.379 e. The summed E-state index contributed by atoms with van der Waals surface area (Å²) in [6.45, 7) is 1.01. The molecule has 1 aromatic rings. The van der Waals surface area contributed by atoms with Crippen LogP contribution in [0.15, 0.2) is 24.3 Å². The fraction of sp³-hybridized carbons (Fsp3) is 0.364. The van der Waals surface area contributed by atoms with Gasteiger partial charge in [0.2, 0.25) is 0 Å². The van der Waals surface area contributed by atoms with Gasteiger partial charge in [-0.05, 0) is 24.1 Å². The van der Waals surface area contributed by atoms with E-state index in [1.54, 1.807) is 12.1 Å². The summed E-state index contributed by atoms with van der Waals surface area (Å²) in [5, 5.41) is 9.12. The van der Waals surface area contributed by atoms with Gasteiger partial charge in [-0.25, -0.2) is 4.39 Å². The molecule has 0 aromatic heterocycles. The second-order valence-corrected chi connectivity index (χ2v) is 3.50. The number of nitrogens with zero attached hydrogens (tertiary/aromatic N) is 1. The molecule has 1 heterocycles. The fourth-order valence-electron chi connectivity index (χ4n) is 1.71. The van der Waals surface area contributed by atoms with Gasteiger partial charge in [0.05, 0.1) is 12.7 Å². The van der Waals surface area contributed by atoms with Gasteiger partial charge in [0, 0.05) is 6.61 Å². The van der Waals surface area contributed by atoms with Crippen molar-refractivity contribution in [1.82, 2.24) is 0 Å². The summed E-state index contributed by atoms with van der Waals surface area (Å²) in [5.74, 6) is -0.277. The van der Waals surface area contributed by atoms with Gasteiger partial charge in [-0.15, -0.1) is 0 Å². The molecule has 0 aliphatic carbocycles. The highest BCUT2D eigenvalue weighted by Crippen LogP contribution is 2.32. The highest BCUT2D eigenvalue weighted by Gasteiger charge is 2.36. The molecule has 0 amide bonds. The first-order valence-corrected chi connectivity index (χ1v) is 4.52. The number of benzene rings is 1. The van der Waals surface area contributed by atoms with E-state index in [9.17, 15) is 4.39 Å². The van der Waals surface area contributed by atoms with Crippen LogP contribution in [0.4, 0.5) is 4.39 Å². The van der Waals surface area contributed by atoms with Gasteiger partial charge in [0.1, 0.15) is 11.2 Å². The van der Waals surface area contributed by atoms with Crippen LogP contribution in [0.1, 0.15) is 12.0 Å². The third kappa shape index (κ3) is 1.38. The zero-order chi connectivity index (χ0) is 10.0. The van der Waals surface area contributed by atoms with Crippen molar-refractivity contribution in [3.63, 3.8) is 0 Å². The molecule has 0 unspecified atom stereocenters. The monoisotopic (exact) mass is 191 g/mol. The molecule has 1 aliphatic rings. The normalized spacial score (nSPS) is 26.0. The Hall–Kier alpha value is -1.40. The van der Waals surface area contributed by atoms with Gasteiger partial charge >= 0.3 is 0 Å². The Kier molecular flexibility index (Phi) is 2.22. The molecule has 0 spiro atoms. The van der Waals surface area contributed by atoms with E-state index in [4.69, 9.17) is 10.00 Å². The van der Waals surface area contributed by atoms with Crippen LogP contribution in [0.2, 0.25) is 0 Å².